The van der Waals surface area contributed by atoms with Crippen LogP contribution in [0.5, 0.6) is 0 Å². The highest BCUT2D eigenvalue weighted by Crippen LogP contribution is 2.25. The highest BCUT2D eigenvalue weighted by molar-refractivity contribution is 5.75. The van der Waals surface area contributed by atoms with Gasteiger partial charge < -0.3 is 4.79 Å². The number of rotatable bonds is 2. The number of pyridine rings is 1. The van der Waals surface area contributed by atoms with Crippen LogP contribution >= 0.6 is 0 Å². The van der Waals surface area contributed by atoms with Crippen molar-refractivity contribution in [1.29, 1.82) is 0 Å². The van der Waals surface area contributed by atoms with Crippen molar-refractivity contribution in [3.8, 4) is 0 Å². The van der Waals surface area contributed by atoms with E-state index in [2.05, 4.69) is 11.1 Å². The van der Waals surface area contributed by atoms with Gasteiger partial charge in [0.25, 0.3) is 0 Å². The Hall–Kier alpha value is -1.18. The van der Waals surface area contributed by atoms with E-state index in [1.165, 1.54) is 11.3 Å². The fourth-order valence-corrected chi connectivity index (χ4v) is 2.38. The van der Waals surface area contributed by atoms with Gasteiger partial charge >= 0.3 is 0 Å². The molecule has 0 N–H and O–H groups in total. The van der Waals surface area contributed by atoms with Gasteiger partial charge in [-0.2, -0.15) is 0 Å². The number of aromatic nitrogens is 1. The first-order valence-corrected chi connectivity index (χ1v) is 5.68. The van der Waals surface area contributed by atoms with Crippen LogP contribution in [-0.2, 0) is 17.6 Å². The Morgan fingerprint density at radius 3 is 3.07 bits per heavy atom. The number of ketones is 1. The van der Waals surface area contributed by atoms with E-state index in [1.807, 2.05) is 12.3 Å². The van der Waals surface area contributed by atoms with Crippen LogP contribution < -0.4 is 0 Å². The third-order valence-corrected chi connectivity index (χ3v) is 3.17. The van der Waals surface area contributed by atoms with Gasteiger partial charge in [-0.05, 0) is 50.2 Å². The molecule has 0 radical (unpaired) electrons. The summed E-state index contributed by atoms with van der Waals surface area (Å²) in [5, 5.41) is 0. The van der Waals surface area contributed by atoms with Gasteiger partial charge in [-0.1, -0.05) is 6.07 Å². The van der Waals surface area contributed by atoms with E-state index in [0.29, 0.717) is 11.7 Å². The van der Waals surface area contributed by atoms with Crippen molar-refractivity contribution in [2.75, 3.05) is 0 Å². The van der Waals surface area contributed by atoms with E-state index in [1.54, 1.807) is 6.92 Å². The molecule has 1 heterocycles. The molecule has 0 spiro atoms. The van der Waals surface area contributed by atoms with Gasteiger partial charge in [0.15, 0.2) is 0 Å². The standard InChI is InChI=1S/C13H17NO/c1-10(15)9-11-4-6-12-3-2-8-14-13(12)7-5-11/h2-3,8,11H,4-7,9H2,1H3. The highest BCUT2D eigenvalue weighted by Gasteiger charge is 2.17. The van der Waals surface area contributed by atoms with Crippen molar-refractivity contribution in [2.45, 2.75) is 39.0 Å². The van der Waals surface area contributed by atoms with Gasteiger partial charge in [0.05, 0.1) is 0 Å². The van der Waals surface area contributed by atoms with Crippen molar-refractivity contribution in [3.63, 3.8) is 0 Å². The molecule has 1 atom stereocenters. The Labute approximate surface area is 90.7 Å². The number of carbonyl (C=O) groups excluding carboxylic acids is 1. The van der Waals surface area contributed by atoms with Crippen LogP contribution in [0.2, 0.25) is 0 Å². The van der Waals surface area contributed by atoms with E-state index < -0.39 is 0 Å². The molecule has 15 heavy (non-hydrogen) atoms. The Morgan fingerprint density at radius 1 is 1.47 bits per heavy atom. The number of aryl methyl sites for hydroxylation is 2. The molecule has 1 aliphatic carbocycles. The van der Waals surface area contributed by atoms with E-state index in [9.17, 15) is 4.79 Å². The van der Waals surface area contributed by atoms with Gasteiger partial charge in [0.1, 0.15) is 5.78 Å². The minimum Gasteiger partial charge on any atom is -0.300 e. The van der Waals surface area contributed by atoms with Crippen molar-refractivity contribution in [3.05, 3.63) is 29.6 Å². The van der Waals surface area contributed by atoms with E-state index in [-0.39, 0.29) is 0 Å². The molecule has 2 nitrogen and oxygen atoms in total. The van der Waals surface area contributed by atoms with Crippen LogP contribution in [0.3, 0.4) is 0 Å². The third-order valence-electron chi connectivity index (χ3n) is 3.17. The predicted octanol–water partition coefficient (Wildman–Crippen LogP) is 2.56. The van der Waals surface area contributed by atoms with Crippen LogP contribution in [-0.4, -0.2) is 10.8 Å². The molecule has 0 saturated carbocycles. The maximum atomic E-state index is 11.1. The van der Waals surface area contributed by atoms with Crippen molar-refractivity contribution >= 4 is 5.78 Å². The molecule has 0 aliphatic heterocycles. The van der Waals surface area contributed by atoms with Gasteiger partial charge in [-0.3, -0.25) is 4.98 Å². The zero-order chi connectivity index (χ0) is 10.7. The molecule has 0 fully saturated rings. The van der Waals surface area contributed by atoms with Crippen LogP contribution in [0, 0.1) is 5.92 Å². The van der Waals surface area contributed by atoms with Crippen molar-refractivity contribution < 1.29 is 4.79 Å². The summed E-state index contributed by atoms with van der Waals surface area (Å²) in [6.45, 7) is 1.69. The monoisotopic (exact) mass is 203 g/mol. The normalized spacial score (nSPS) is 20.5. The number of fused-ring (bicyclic) bond motifs is 1. The smallest absolute Gasteiger partial charge is 0.130 e. The quantitative estimate of drug-likeness (QED) is 0.691. The van der Waals surface area contributed by atoms with E-state index in [4.69, 9.17) is 0 Å². The average Bonchev–Trinajstić information content (AvgIpc) is 2.41. The van der Waals surface area contributed by atoms with Crippen LogP contribution in [0.25, 0.3) is 0 Å². The average molecular weight is 203 g/mol. The molecular weight excluding hydrogens is 186 g/mol. The fraction of sp³-hybridized carbons (Fsp3) is 0.538. The van der Waals surface area contributed by atoms with Gasteiger partial charge in [0.2, 0.25) is 0 Å². The largest absolute Gasteiger partial charge is 0.300 e. The van der Waals surface area contributed by atoms with Crippen LogP contribution in [0.1, 0.15) is 37.4 Å². The summed E-state index contributed by atoms with van der Waals surface area (Å²) in [5.74, 6) is 0.885. The molecule has 2 heteroatoms. The Balaban J connectivity index is 2.05. The van der Waals surface area contributed by atoms with Gasteiger partial charge in [-0.15, -0.1) is 0 Å². The van der Waals surface area contributed by atoms with E-state index >= 15 is 0 Å². The summed E-state index contributed by atoms with van der Waals surface area (Å²) in [6, 6.07) is 4.17. The number of hydrogen-bond acceptors (Lipinski definition) is 2. The second-order valence-corrected chi connectivity index (χ2v) is 4.46. The molecule has 0 amide bonds. The van der Waals surface area contributed by atoms with Crippen LogP contribution in [0.4, 0.5) is 0 Å². The summed E-state index contributed by atoms with van der Waals surface area (Å²) in [7, 11) is 0. The summed E-state index contributed by atoms with van der Waals surface area (Å²) < 4.78 is 0. The number of carbonyl (C=O) groups is 1. The summed E-state index contributed by atoms with van der Waals surface area (Å²) >= 11 is 0. The first kappa shape index (κ1) is 10.3. The van der Waals surface area contributed by atoms with E-state index in [0.717, 1.165) is 32.1 Å². The predicted molar refractivity (Wildman–Crippen MR) is 59.7 cm³/mol. The maximum Gasteiger partial charge on any atom is 0.130 e. The summed E-state index contributed by atoms with van der Waals surface area (Å²) in [5.41, 5.74) is 2.62. The topological polar surface area (TPSA) is 30.0 Å². The van der Waals surface area contributed by atoms with Gasteiger partial charge in [0, 0.05) is 18.3 Å². The molecule has 1 aliphatic rings. The van der Waals surface area contributed by atoms with Gasteiger partial charge in [-0.25, -0.2) is 0 Å². The molecule has 0 aromatic carbocycles. The van der Waals surface area contributed by atoms with Crippen LogP contribution in [0.15, 0.2) is 18.3 Å². The lowest BCUT2D eigenvalue weighted by molar-refractivity contribution is -0.117. The number of Topliss-reactive ketones (excluding diaryl/α,β-unsaturated/α-hetero) is 1. The first-order chi connectivity index (χ1) is 7.25. The molecule has 2 rings (SSSR count). The molecular formula is C13H17NO. The molecule has 0 saturated heterocycles. The Morgan fingerprint density at radius 2 is 2.27 bits per heavy atom. The Kier molecular flexibility index (Phi) is 3.14. The lowest BCUT2D eigenvalue weighted by Crippen LogP contribution is -2.06. The Bertz CT molecular complexity index is 332. The second-order valence-electron chi connectivity index (χ2n) is 4.46. The first-order valence-electron chi connectivity index (χ1n) is 5.68. The minimum atomic E-state index is 0.318. The third kappa shape index (κ3) is 2.65. The van der Waals surface area contributed by atoms with Crippen molar-refractivity contribution in [2.24, 2.45) is 5.92 Å². The minimum absolute atomic E-state index is 0.318. The highest BCUT2D eigenvalue weighted by atomic mass is 16.1. The lowest BCUT2D eigenvalue weighted by Gasteiger charge is -2.10. The molecule has 1 aromatic heterocycles. The van der Waals surface area contributed by atoms with Crippen molar-refractivity contribution in [1.82, 2.24) is 4.98 Å². The molecule has 1 aromatic rings. The SMILES string of the molecule is CC(=O)CC1CCc2cccnc2CC1. The molecule has 1 unspecified atom stereocenters. The maximum absolute atomic E-state index is 11.1. The lowest BCUT2D eigenvalue weighted by atomic mass is 9.94. The number of nitrogens with zero attached hydrogens (tertiary/aromatic N) is 1. The molecule has 0 bridgehead atoms. The molecule has 80 valence electrons. The zero-order valence-electron chi connectivity index (χ0n) is 9.20. The second kappa shape index (κ2) is 4.56. The number of hydrogen-bond donors (Lipinski definition) is 0. The summed E-state index contributed by atoms with van der Waals surface area (Å²) in [4.78, 5) is 15.5. The summed E-state index contributed by atoms with van der Waals surface area (Å²) in [6.07, 6.45) is 6.98. The zero-order valence-corrected chi connectivity index (χ0v) is 9.20. The fourth-order valence-electron chi connectivity index (χ4n) is 2.38.